The molecule has 0 aromatic heterocycles. The third kappa shape index (κ3) is 5.77. The molecule has 150 valence electrons. The number of nitrogens with one attached hydrogen (secondary N) is 2. The van der Waals surface area contributed by atoms with Crippen molar-refractivity contribution in [3.63, 3.8) is 0 Å². The number of hydrogen-bond acceptors (Lipinski definition) is 3. The van der Waals surface area contributed by atoms with Gasteiger partial charge in [0.2, 0.25) is 10.0 Å². The van der Waals surface area contributed by atoms with Gasteiger partial charge in [0, 0.05) is 6.04 Å². The molecule has 0 unspecified atom stereocenters. The minimum atomic E-state index is -3.30. The maximum Gasteiger partial charge on any atom is 0.275 e. The average Bonchev–Trinajstić information content (AvgIpc) is 2.64. The Kier molecular flexibility index (Phi) is 6.89. The van der Waals surface area contributed by atoms with Crippen LogP contribution in [0.1, 0.15) is 38.2 Å². The van der Waals surface area contributed by atoms with E-state index in [9.17, 15) is 13.2 Å². The molecule has 3 rings (SSSR count). The van der Waals surface area contributed by atoms with Crippen LogP contribution in [0.15, 0.2) is 30.3 Å². The molecular weight excluding hydrogens is 362 g/mol. The number of benzene rings is 1. The van der Waals surface area contributed by atoms with E-state index in [1.807, 2.05) is 30.3 Å². The van der Waals surface area contributed by atoms with E-state index in [0.717, 1.165) is 12.0 Å². The number of rotatable bonds is 6. The van der Waals surface area contributed by atoms with E-state index in [1.54, 1.807) is 4.31 Å². The van der Waals surface area contributed by atoms with E-state index in [-0.39, 0.29) is 11.7 Å². The Bertz CT molecular complexity index is 715. The number of hydrogen-bond donors (Lipinski definition) is 2. The molecule has 6 nitrogen and oxygen atoms in total. The van der Waals surface area contributed by atoms with Gasteiger partial charge in [-0.15, -0.1) is 0 Å². The van der Waals surface area contributed by atoms with E-state index < -0.39 is 10.0 Å². The quantitative estimate of drug-likeness (QED) is 0.734. The molecule has 1 saturated carbocycles. The molecule has 1 aromatic rings. The Balaban J connectivity index is 1.45. The van der Waals surface area contributed by atoms with Crippen molar-refractivity contribution < 1.29 is 18.1 Å². The van der Waals surface area contributed by atoms with Crippen LogP contribution in [0.25, 0.3) is 0 Å². The Hall–Kier alpha value is -1.44. The fourth-order valence-corrected chi connectivity index (χ4v) is 5.68. The first kappa shape index (κ1) is 20.3. The predicted molar refractivity (Wildman–Crippen MR) is 106 cm³/mol. The molecule has 27 heavy (non-hydrogen) atoms. The third-order valence-corrected chi connectivity index (χ3v) is 7.73. The molecule has 7 heteroatoms. The summed E-state index contributed by atoms with van der Waals surface area (Å²) in [4.78, 5) is 13.5. The van der Waals surface area contributed by atoms with E-state index in [1.165, 1.54) is 24.2 Å². The molecule has 1 aromatic carbocycles. The number of carbonyl (C=O) groups is 1. The molecule has 2 fully saturated rings. The van der Waals surface area contributed by atoms with Crippen LogP contribution in [-0.2, 0) is 20.6 Å². The second-order valence-electron chi connectivity index (χ2n) is 8.00. The summed E-state index contributed by atoms with van der Waals surface area (Å²) >= 11 is 0. The lowest BCUT2D eigenvalue weighted by molar-refractivity contribution is -0.895. The number of carbonyl (C=O) groups excluding carboxylic acids is 1. The molecule has 0 bridgehead atoms. The highest BCUT2D eigenvalue weighted by molar-refractivity contribution is 7.88. The van der Waals surface area contributed by atoms with Crippen molar-refractivity contribution in [3.8, 4) is 0 Å². The first-order valence-electron chi connectivity index (χ1n) is 10.1. The molecule has 0 spiro atoms. The van der Waals surface area contributed by atoms with Crippen LogP contribution in [-0.4, -0.2) is 57.4 Å². The third-order valence-electron chi connectivity index (χ3n) is 5.88. The topological polar surface area (TPSA) is 70.9 Å². The Morgan fingerprint density at radius 3 is 2.48 bits per heavy atom. The van der Waals surface area contributed by atoms with Gasteiger partial charge in [-0.2, -0.15) is 4.31 Å². The summed E-state index contributed by atoms with van der Waals surface area (Å²) in [5.41, 5.74) is 0.813. The largest absolute Gasteiger partial charge is 0.348 e. The number of quaternary nitrogens is 1. The minimum Gasteiger partial charge on any atom is -0.348 e. The van der Waals surface area contributed by atoms with Gasteiger partial charge < -0.3 is 10.2 Å². The molecule has 0 radical (unpaired) electrons. The smallest absolute Gasteiger partial charge is 0.275 e. The summed E-state index contributed by atoms with van der Waals surface area (Å²) in [6.45, 7) is 4.99. The zero-order chi connectivity index (χ0) is 19.3. The summed E-state index contributed by atoms with van der Waals surface area (Å²) < 4.78 is 26.8. The van der Waals surface area contributed by atoms with E-state index in [4.69, 9.17) is 0 Å². The first-order valence-corrected chi connectivity index (χ1v) is 11.7. The monoisotopic (exact) mass is 394 g/mol. The van der Waals surface area contributed by atoms with Gasteiger partial charge in [0.25, 0.3) is 5.91 Å². The number of amides is 1. The Labute approximate surface area is 163 Å². The molecule has 2 atom stereocenters. The maximum atomic E-state index is 12.6. The van der Waals surface area contributed by atoms with Crippen molar-refractivity contribution in [2.24, 2.45) is 5.92 Å². The highest BCUT2D eigenvalue weighted by Crippen LogP contribution is 2.23. The van der Waals surface area contributed by atoms with Crippen molar-refractivity contribution in [2.45, 2.75) is 44.4 Å². The lowest BCUT2D eigenvalue weighted by Crippen LogP contribution is -3.15. The second-order valence-corrected chi connectivity index (χ2v) is 9.97. The summed E-state index contributed by atoms with van der Waals surface area (Å²) in [6, 6.07) is 9.60. The molecule has 1 heterocycles. The Morgan fingerprint density at radius 1 is 1.15 bits per heavy atom. The molecule has 1 aliphatic heterocycles. The van der Waals surface area contributed by atoms with Crippen LogP contribution in [0.4, 0.5) is 0 Å². The van der Waals surface area contributed by atoms with Crippen LogP contribution >= 0.6 is 0 Å². The summed E-state index contributed by atoms with van der Waals surface area (Å²) in [5.74, 6) is 0.700. The number of nitrogens with zero attached hydrogens (tertiary/aromatic N) is 1. The lowest BCUT2D eigenvalue weighted by atomic mass is 9.86. The highest BCUT2D eigenvalue weighted by atomic mass is 32.2. The molecule has 2 aliphatic rings. The van der Waals surface area contributed by atoms with Gasteiger partial charge >= 0.3 is 0 Å². The highest BCUT2D eigenvalue weighted by Gasteiger charge is 2.31. The van der Waals surface area contributed by atoms with E-state index in [0.29, 0.717) is 44.7 Å². The van der Waals surface area contributed by atoms with Gasteiger partial charge in [-0.25, -0.2) is 8.42 Å². The average molecular weight is 395 g/mol. The van der Waals surface area contributed by atoms with Gasteiger partial charge in [0.15, 0.2) is 6.54 Å². The minimum absolute atomic E-state index is 0.0449. The van der Waals surface area contributed by atoms with Crippen molar-refractivity contribution in [3.05, 3.63) is 35.9 Å². The zero-order valence-electron chi connectivity index (χ0n) is 16.2. The first-order chi connectivity index (χ1) is 12.9. The molecule has 2 N–H and O–H groups in total. The molecule has 1 aliphatic carbocycles. The van der Waals surface area contributed by atoms with Gasteiger partial charge in [-0.05, 0) is 24.3 Å². The van der Waals surface area contributed by atoms with Crippen LogP contribution in [0, 0.1) is 5.92 Å². The van der Waals surface area contributed by atoms with E-state index in [2.05, 4.69) is 12.2 Å². The van der Waals surface area contributed by atoms with Gasteiger partial charge in [-0.1, -0.05) is 50.1 Å². The summed E-state index contributed by atoms with van der Waals surface area (Å²) in [6.07, 6.45) is 4.72. The lowest BCUT2D eigenvalue weighted by Gasteiger charge is -2.33. The van der Waals surface area contributed by atoms with Crippen molar-refractivity contribution >= 4 is 15.9 Å². The van der Waals surface area contributed by atoms with Crippen molar-refractivity contribution in [1.82, 2.24) is 9.62 Å². The van der Waals surface area contributed by atoms with Gasteiger partial charge in [0.05, 0.1) is 31.9 Å². The maximum absolute atomic E-state index is 12.6. The number of sulfonamides is 1. The van der Waals surface area contributed by atoms with E-state index >= 15 is 0 Å². The SMILES string of the molecule is C[C@H]1CCCC[C@H]1NC(=O)C[NH+]1CCN(S(=O)(=O)Cc2ccccc2)CC1. The molecular formula is C20H32N3O3S+. The normalized spacial score (nSPS) is 25.2. The Morgan fingerprint density at radius 2 is 1.81 bits per heavy atom. The standard InChI is InChI=1S/C20H31N3O3S/c1-17-7-5-6-10-19(17)21-20(24)15-22-11-13-23(14-12-22)27(25,26)16-18-8-3-2-4-9-18/h2-4,8-9,17,19H,5-7,10-16H2,1H3,(H,21,24)/p+1/t17-,19+/m0/s1. The van der Waals surface area contributed by atoms with Crippen LogP contribution in [0.3, 0.4) is 0 Å². The van der Waals surface area contributed by atoms with Crippen molar-refractivity contribution in [1.29, 1.82) is 0 Å². The predicted octanol–water partition coefficient (Wildman–Crippen LogP) is 0.412. The van der Waals surface area contributed by atoms with Crippen LogP contribution in [0.5, 0.6) is 0 Å². The molecule has 1 saturated heterocycles. The van der Waals surface area contributed by atoms with Crippen molar-refractivity contribution in [2.75, 3.05) is 32.7 Å². The van der Waals surface area contributed by atoms with Crippen LogP contribution < -0.4 is 10.2 Å². The number of piperazine rings is 1. The second kappa shape index (κ2) is 9.17. The molecule has 1 amide bonds. The fourth-order valence-electron chi connectivity index (χ4n) is 4.15. The summed E-state index contributed by atoms with van der Waals surface area (Å²) in [7, 11) is -3.30. The zero-order valence-corrected chi connectivity index (χ0v) is 17.0. The fraction of sp³-hybridized carbons (Fsp3) is 0.650. The van der Waals surface area contributed by atoms with Gasteiger partial charge in [-0.3, -0.25) is 4.79 Å². The van der Waals surface area contributed by atoms with Crippen LogP contribution in [0.2, 0.25) is 0 Å². The van der Waals surface area contributed by atoms with Gasteiger partial charge in [0.1, 0.15) is 0 Å². The summed E-state index contributed by atoms with van der Waals surface area (Å²) in [5, 5.41) is 3.20.